The van der Waals surface area contributed by atoms with E-state index in [0.717, 1.165) is 11.3 Å². The Morgan fingerprint density at radius 3 is 3.00 bits per heavy atom. The van der Waals surface area contributed by atoms with Crippen LogP contribution in [0.3, 0.4) is 0 Å². The third kappa shape index (κ3) is 3.62. The zero-order valence-corrected chi connectivity index (χ0v) is 9.86. The number of aryl methyl sites for hydroxylation is 1. The van der Waals surface area contributed by atoms with Crippen LogP contribution in [0.2, 0.25) is 0 Å². The zero-order valence-electron chi connectivity index (χ0n) is 9.86. The van der Waals surface area contributed by atoms with Gasteiger partial charge < -0.3 is 11.1 Å². The predicted octanol–water partition coefficient (Wildman–Crippen LogP) is 0.991. The lowest BCUT2D eigenvalue weighted by Crippen LogP contribution is -2.30. The van der Waals surface area contributed by atoms with Gasteiger partial charge in [-0.2, -0.15) is 0 Å². The number of nitrogens with two attached hydrogens (primary N) is 1. The van der Waals surface area contributed by atoms with Gasteiger partial charge in [0.1, 0.15) is 0 Å². The van der Waals surface area contributed by atoms with Crippen LogP contribution in [0.5, 0.6) is 0 Å². The molecule has 0 bridgehead atoms. The lowest BCUT2D eigenvalue weighted by Gasteiger charge is -2.11. The molecule has 0 spiro atoms. The fourth-order valence-electron chi connectivity index (χ4n) is 1.43. The average molecular weight is 221 g/mol. The molecule has 0 saturated carbocycles. The van der Waals surface area contributed by atoms with Crippen molar-refractivity contribution in [2.75, 3.05) is 6.54 Å². The highest BCUT2D eigenvalue weighted by Crippen LogP contribution is 2.04. The summed E-state index contributed by atoms with van der Waals surface area (Å²) >= 11 is 0. The first-order valence-electron chi connectivity index (χ1n) is 5.53. The van der Waals surface area contributed by atoms with Gasteiger partial charge in [-0.25, -0.2) is 0 Å². The summed E-state index contributed by atoms with van der Waals surface area (Å²) in [5.41, 5.74) is 7.41. The smallest absolute Gasteiger partial charge is 0.223 e. The summed E-state index contributed by atoms with van der Waals surface area (Å²) in [6, 6.07) is 3.87. The minimum absolute atomic E-state index is 0.0333. The molecule has 4 heteroatoms. The number of hydrogen-bond acceptors (Lipinski definition) is 3. The fourth-order valence-corrected chi connectivity index (χ4v) is 1.43. The highest BCUT2D eigenvalue weighted by Gasteiger charge is 2.11. The van der Waals surface area contributed by atoms with Crippen LogP contribution >= 0.6 is 0 Å². The quantitative estimate of drug-likeness (QED) is 0.779. The van der Waals surface area contributed by atoms with E-state index in [-0.39, 0.29) is 11.8 Å². The van der Waals surface area contributed by atoms with Crippen LogP contribution in [-0.4, -0.2) is 17.4 Å². The molecule has 0 saturated heterocycles. The Morgan fingerprint density at radius 2 is 2.38 bits per heavy atom. The SMILES string of the molecule is Cc1cccnc1CNC(=O)C(C)CCN. The van der Waals surface area contributed by atoms with Gasteiger partial charge in [0.15, 0.2) is 0 Å². The van der Waals surface area contributed by atoms with Gasteiger partial charge in [0.2, 0.25) is 5.91 Å². The number of rotatable bonds is 5. The standard InChI is InChI=1S/C12H19N3O/c1-9-4-3-7-14-11(9)8-15-12(16)10(2)5-6-13/h3-4,7,10H,5-6,8,13H2,1-2H3,(H,15,16). The van der Waals surface area contributed by atoms with Crippen LogP contribution in [0.15, 0.2) is 18.3 Å². The van der Waals surface area contributed by atoms with Gasteiger partial charge in [-0.05, 0) is 31.5 Å². The summed E-state index contributed by atoms with van der Waals surface area (Å²) in [6.45, 7) is 4.89. The highest BCUT2D eigenvalue weighted by molar-refractivity contribution is 5.78. The van der Waals surface area contributed by atoms with E-state index in [4.69, 9.17) is 5.73 Å². The Morgan fingerprint density at radius 1 is 1.62 bits per heavy atom. The summed E-state index contributed by atoms with van der Waals surface area (Å²) in [5.74, 6) is 0.00419. The van der Waals surface area contributed by atoms with Crippen molar-refractivity contribution in [3.8, 4) is 0 Å². The lowest BCUT2D eigenvalue weighted by molar-refractivity contribution is -0.124. The van der Waals surface area contributed by atoms with Crippen molar-refractivity contribution in [1.29, 1.82) is 0 Å². The third-order valence-electron chi connectivity index (χ3n) is 2.60. The van der Waals surface area contributed by atoms with Crippen molar-refractivity contribution < 1.29 is 4.79 Å². The Labute approximate surface area is 96.3 Å². The second kappa shape index (κ2) is 6.23. The summed E-state index contributed by atoms with van der Waals surface area (Å²) in [6.07, 6.45) is 2.45. The molecule has 1 aromatic rings. The van der Waals surface area contributed by atoms with E-state index in [2.05, 4.69) is 10.3 Å². The van der Waals surface area contributed by atoms with E-state index in [1.807, 2.05) is 26.0 Å². The molecular weight excluding hydrogens is 202 g/mol. The number of nitrogens with zero attached hydrogens (tertiary/aromatic N) is 1. The average Bonchev–Trinajstić information content (AvgIpc) is 2.28. The van der Waals surface area contributed by atoms with E-state index >= 15 is 0 Å². The van der Waals surface area contributed by atoms with Gasteiger partial charge in [0.25, 0.3) is 0 Å². The molecule has 0 aliphatic rings. The summed E-state index contributed by atoms with van der Waals surface area (Å²) in [5, 5.41) is 2.87. The first-order valence-corrected chi connectivity index (χ1v) is 5.53. The van der Waals surface area contributed by atoms with Crippen LogP contribution in [0.25, 0.3) is 0 Å². The second-order valence-corrected chi connectivity index (χ2v) is 3.96. The van der Waals surface area contributed by atoms with Gasteiger partial charge in [0.05, 0.1) is 12.2 Å². The summed E-state index contributed by atoms with van der Waals surface area (Å²) in [4.78, 5) is 15.8. The second-order valence-electron chi connectivity index (χ2n) is 3.96. The molecule has 1 aromatic heterocycles. The maximum absolute atomic E-state index is 11.6. The molecule has 0 radical (unpaired) electrons. The number of carbonyl (C=O) groups is 1. The molecule has 16 heavy (non-hydrogen) atoms. The molecule has 1 amide bonds. The Balaban J connectivity index is 2.46. The van der Waals surface area contributed by atoms with E-state index in [9.17, 15) is 4.79 Å². The molecule has 0 aromatic carbocycles. The Bertz CT molecular complexity index is 352. The van der Waals surface area contributed by atoms with Gasteiger partial charge in [-0.3, -0.25) is 9.78 Å². The van der Waals surface area contributed by atoms with Gasteiger partial charge in [0, 0.05) is 12.1 Å². The van der Waals surface area contributed by atoms with Crippen LogP contribution in [-0.2, 0) is 11.3 Å². The molecule has 4 nitrogen and oxygen atoms in total. The van der Waals surface area contributed by atoms with Crippen LogP contribution in [0.4, 0.5) is 0 Å². The minimum Gasteiger partial charge on any atom is -0.350 e. The van der Waals surface area contributed by atoms with Crippen molar-refractivity contribution in [2.24, 2.45) is 11.7 Å². The highest BCUT2D eigenvalue weighted by atomic mass is 16.1. The Kier molecular flexibility index (Phi) is 4.92. The van der Waals surface area contributed by atoms with Gasteiger partial charge >= 0.3 is 0 Å². The molecular formula is C12H19N3O. The van der Waals surface area contributed by atoms with Crippen molar-refractivity contribution in [1.82, 2.24) is 10.3 Å². The normalized spacial score (nSPS) is 12.2. The lowest BCUT2D eigenvalue weighted by atomic mass is 10.1. The van der Waals surface area contributed by atoms with Crippen LogP contribution in [0.1, 0.15) is 24.6 Å². The molecule has 1 unspecified atom stereocenters. The van der Waals surface area contributed by atoms with Crippen molar-refractivity contribution in [3.63, 3.8) is 0 Å². The van der Waals surface area contributed by atoms with Gasteiger partial charge in [-0.1, -0.05) is 13.0 Å². The third-order valence-corrected chi connectivity index (χ3v) is 2.60. The molecule has 0 aliphatic carbocycles. The first-order chi connectivity index (χ1) is 7.65. The molecule has 1 heterocycles. The van der Waals surface area contributed by atoms with Crippen LogP contribution in [0, 0.1) is 12.8 Å². The van der Waals surface area contributed by atoms with E-state index in [0.29, 0.717) is 19.5 Å². The maximum Gasteiger partial charge on any atom is 0.223 e. The monoisotopic (exact) mass is 221 g/mol. The van der Waals surface area contributed by atoms with Crippen molar-refractivity contribution in [3.05, 3.63) is 29.6 Å². The number of carbonyl (C=O) groups excluding carboxylic acids is 1. The molecule has 1 rings (SSSR count). The molecule has 88 valence electrons. The van der Waals surface area contributed by atoms with E-state index in [1.54, 1.807) is 6.20 Å². The largest absolute Gasteiger partial charge is 0.350 e. The maximum atomic E-state index is 11.6. The van der Waals surface area contributed by atoms with Gasteiger partial charge in [-0.15, -0.1) is 0 Å². The summed E-state index contributed by atoms with van der Waals surface area (Å²) in [7, 11) is 0. The van der Waals surface area contributed by atoms with Crippen molar-refractivity contribution >= 4 is 5.91 Å². The summed E-state index contributed by atoms with van der Waals surface area (Å²) < 4.78 is 0. The number of nitrogens with one attached hydrogen (secondary N) is 1. The van der Waals surface area contributed by atoms with E-state index < -0.39 is 0 Å². The van der Waals surface area contributed by atoms with E-state index in [1.165, 1.54) is 0 Å². The fraction of sp³-hybridized carbons (Fsp3) is 0.500. The molecule has 0 aliphatic heterocycles. The number of pyridine rings is 1. The molecule has 0 fully saturated rings. The number of hydrogen-bond donors (Lipinski definition) is 2. The van der Waals surface area contributed by atoms with Crippen LogP contribution < -0.4 is 11.1 Å². The number of aromatic nitrogens is 1. The predicted molar refractivity (Wildman–Crippen MR) is 63.7 cm³/mol. The molecule has 1 atom stereocenters. The minimum atomic E-state index is -0.0333. The number of amides is 1. The van der Waals surface area contributed by atoms with Crippen molar-refractivity contribution in [2.45, 2.75) is 26.8 Å². The zero-order chi connectivity index (χ0) is 12.0. The topological polar surface area (TPSA) is 68.0 Å². The Hall–Kier alpha value is -1.42. The molecule has 3 N–H and O–H groups in total. The first kappa shape index (κ1) is 12.6.